The van der Waals surface area contributed by atoms with Crippen LogP contribution in [0.2, 0.25) is 0 Å². The monoisotopic (exact) mass is 428 g/mol. The number of hydrogen-bond donors (Lipinski definition) is 1. The van der Waals surface area contributed by atoms with E-state index >= 15 is 0 Å². The highest BCUT2D eigenvalue weighted by Gasteiger charge is 2.61. The summed E-state index contributed by atoms with van der Waals surface area (Å²) in [6.07, 6.45) is 13.4. The van der Waals surface area contributed by atoms with Crippen LogP contribution in [0.15, 0.2) is 11.6 Å². The van der Waals surface area contributed by atoms with Crippen molar-refractivity contribution in [2.45, 2.75) is 112 Å². The van der Waals surface area contributed by atoms with E-state index < -0.39 is 0 Å². The van der Waals surface area contributed by atoms with Gasteiger partial charge in [0.15, 0.2) is 5.78 Å². The fourth-order valence-electron chi connectivity index (χ4n) is 9.19. The molecule has 4 rings (SSSR count). The van der Waals surface area contributed by atoms with Crippen molar-refractivity contribution in [1.82, 2.24) is 0 Å². The molecule has 3 saturated carbocycles. The number of ketones is 1. The van der Waals surface area contributed by atoms with E-state index in [1.807, 2.05) is 6.08 Å². The standard InChI is InChI=1S/C29H48O2/c1-7-20(18(2)3)9-8-19(4)23-10-11-24-27-25(13-15-29(23,24)6)28(5)14-12-22(30)16-21(28)17-26(27)31/h16,18-20,23-27,31H,7-15,17H2,1-6H3/t19-,20-,23-,24+,25+,26-,27+,28+,29-/m1/s1. The zero-order valence-electron chi connectivity index (χ0n) is 21.1. The zero-order chi connectivity index (χ0) is 22.6. The lowest BCUT2D eigenvalue weighted by molar-refractivity contribution is -0.124. The Kier molecular flexibility index (Phi) is 6.54. The van der Waals surface area contributed by atoms with Crippen molar-refractivity contribution in [2.75, 3.05) is 0 Å². The summed E-state index contributed by atoms with van der Waals surface area (Å²) in [6.45, 7) is 14.7. The van der Waals surface area contributed by atoms with Gasteiger partial charge in [-0.25, -0.2) is 0 Å². The first-order valence-electron chi connectivity index (χ1n) is 13.5. The molecule has 0 aromatic rings. The normalized spacial score (nSPS) is 44.3. The minimum Gasteiger partial charge on any atom is -0.392 e. The van der Waals surface area contributed by atoms with Gasteiger partial charge < -0.3 is 5.11 Å². The van der Waals surface area contributed by atoms with E-state index in [9.17, 15) is 9.90 Å². The fourth-order valence-corrected chi connectivity index (χ4v) is 9.19. The predicted molar refractivity (Wildman–Crippen MR) is 129 cm³/mol. The summed E-state index contributed by atoms with van der Waals surface area (Å²) in [4.78, 5) is 12.1. The third-order valence-electron chi connectivity index (χ3n) is 11.2. The highest BCUT2D eigenvalue weighted by molar-refractivity contribution is 5.91. The molecule has 31 heavy (non-hydrogen) atoms. The topological polar surface area (TPSA) is 37.3 Å². The average molecular weight is 429 g/mol. The average Bonchev–Trinajstić information content (AvgIpc) is 3.06. The smallest absolute Gasteiger partial charge is 0.155 e. The van der Waals surface area contributed by atoms with Crippen LogP contribution in [0.4, 0.5) is 0 Å². The molecule has 2 nitrogen and oxygen atoms in total. The Balaban J connectivity index is 1.52. The van der Waals surface area contributed by atoms with Gasteiger partial charge in [-0.05, 0) is 103 Å². The summed E-state index contributed by atoms with van der Waals surface area (Å²) in [7, 11) is 0. The molecule has 0 aromatic carbocycles. The Morgan fingerprint density at radius 1 is 1.06 bits per heavy atom. The molecule has 0 spiro atoms. The number of carbonyl (C=O) groups is 1. The van der Waals surface area contributed by atoms with Gasteiger partial charge in [0, 0.05) is 6.42 Å². The first-order valence-corrected chi connectivity index (χ1v) is 13.5. The van der Waals surface area contributed by atoms with Gasteiger partial charge in [0.05, 0.1) is 6.10 Å². The van der Waals surface area contributed by atoms with Crippen molar-refractivity contribution >= 4 is 5.78 Å². The highest BCUT2D eigenvalue weighted by Crippen LogP contribution is 2.67. The van der Waals surface area contributed by atoms with Crippen LogP contribution in [-0.2, 0) is 4.79 Å². The van der Waals surface area contributed by atoms with Gasteiger partial charge in [0.25, 0.3) is 0 Å². The SMILES string of the molecule is CC[C@H](CC[C@@H](C)[C@H]1CC[C@H]2[C@@H]3[C@H](O)CC4=CC(=O)CC[C@]4(C)[C@H]3CC[C@]12C)C(C)C. The Bertz CT molecular complexity index is 708. The van der Waals surface area contributed by atoms with E-state index in [0.717, 1.165) is 36.5 Å². The van der Waals surface area contributed by atoms with Gasteiger partial charge in [-0.1, -0.05) is 60.0 Å². The van der Waals surface area contributed by atoms with E-state index in [1.54, 1.807) is 0 Å². The fraction of sp³-hybridized carbons (Fsp3) is 0.897. The maximum absolute atomic E-state index is 12.1. The Morgan fingerprint density at radius 2 is 1.81 bits per heavy atom. The van der Waals surface area contributed by atoms with Crippen molar-refractivity contribution < 1.29 is 9.90 Å². The van der Waals surface area contributed by atoms with E-state index in [-0.39, 0.29) is 17.3 Å². The minimum atomic E-state index is -0.251. The quantitative estimate of drug-likeness (QED) is 0.485. The number of carbonyl (C=O) groups excluding carboxylic acids is 1. The zero-order valence-corrected chi connectivity index (χ0v) is 21.1. The maximum atomic E-state index is 12.1. The number of aliphatic hydroxyl groups is 1. The van der Waals surface area contributed by atoms with E-state index in [1.165, 1.54) is 50.5 Å². The highest BCUT2D eigenvalue weighted by atomic mass is 16.3. The third kappa shape index (κ3) is 3.87. The van der Waals surface area contributed by atoms with Crippen molar-refractivity contribution in [3.63, 3.8) is 0 Å². The van der Waals surface area contributed by atoms with Crippen LogP contribution < -0.4 is 0 Å². The number of fused-ring (bicyclic) bond motifs is 5. The number of hydrogen-bond acceptors (Lipinski definition) is 2. The molecule has 0 heterocycles. The van der Waals surface area contributed by atoms with Gasteiger partial charge in [-0.3, -0.25) is 4.79 Å². The van der Waals surface area contributed by atoms with Crippen LogP contribution in [-0.4, -0.2) is 17.0 Å². The number of rotatable bonds is 6. The minimum absolute atomic E-state index is 0.147. The molecule has 0 amide bonds. The van der Waals surface area contributed by atoms with E-state index in [0.29, 0.717) is 29.6 Å². The molecule has 176 valence electrons. The van der Waals surface area contributed by atoms with Crippen LogP contribution in [0.3, 0.4) is 0 Å². The summed E-state index contributed by atoms with van der Waals surface area (Å²) < 4.78 is 0. The molecule has 0 bridgehead atoms. The molecule has 0 radical (unpaired) electrons. The molecule has 1 N–H and O–H groups in total. The van der Waals surface area contributed by atoms with Crippen molar-refractivity contribution in [3.8, 4) is 0 Å². The maximum Gasteiger partial charge on any atom is 0.155 e. The molecule has 4 aliphatic rings. The second-order valence-corrected chi connectivity index (χ2v) is 12.8. The van der Waals surface area contributed by atoms with Gasteiger partial charge >= 0.3 is 0 Å². The third-order valence-corrected chi connectivity index (χ3v) is 11.2. The summed E-state index contributed by atoms with van der Waals surface area (Å²) in [5, 5.41) is 11.3. The molecule has 0 aromatic heterocycles. The van der Waals surface area contributed by atoms with Crippen LogP contribution in [0.5, 0.6) is 0 Å². The lowest BCUT2D eigenvalue weighted by Crippen LogP contribution is -2.55. The molecule has 3 fully saturated rings. The first kappa shape index (κ1) is 23.5. The molecular weight excluding hydrogens is 380 g/mol. The summed E-state index contributed by atoms with van der Waals surface area (Å²) in [5.74, 6) is 5.20. The molecule has 9 atom stereocenters. The van der Waals surface area contributed by atoms with Crippen LogP contribution in [0.1, 0.15) is 106 Å². The molecule has 0 aliphatic heterocycles. The first-order chi connectivity index (χ1) is 14.6. The summed E-state index contributed by atoms with van der Waals surface area (Å²) >= 11 is 0. The summed E-state index contributed by atoms with van der Waals surface area (Å²) in [5.41, 5.74) is 1.81. The molecule has 4 aliphatic carbocycles. The van der Waals surface area contributed by atoms with Gasteiger partial charge in [0.1, 0.15) is 0 Å². The molecule has 0 unspecified atom stereocenters. The molecule has 2 heteroatoms. The Morgan fingerprint density at radius 3 is 2.48 bits per heavy atom. The van der Waals surface area contributed by atoms with Crippen LogP contribution in [0.25, 0.3) is 0 Å². The second kappa shape index (κ2) is 8.62. The largest absolute Gasteiger partial charge is 0.392 e. The Labute approximate surface area is 191 Å². The Hall–Kier alpha value is -0.630. The summed E-state index contributed by atoms with van der Waals surface area (Å²) in [6, 6.07) is 0. The van der Waals surface area contributed by atoms with Crippen molar-refractivity contribution in [2.24, 2.45) is 52.3 Å². The van der Waals surface area contributed by atoms with Crippen molar-refractivity contribution in [1.29, 1.82) is 0 Å². The van der Waals surface area contributed by atoms with Gasteiger partial charge in [0.2, 0.25) is 0 Å². The molecule has 0 saturated heterocycles. The van der Waals surface area contributed by atoms with Crippen LogP contribution >= 0.6 is 0 Å². The number of aliphatic hydroxyl groups excluding tert-OH is 1. The lowest BCUT2D eigenvalue weighted by atomic mass is 9.45. The molecular formula is C29H48O2. The van der Waals surface area contributed by atoms with E-state index in [4.69, 9.17) is 0 Å². The van der Waals surface area contributed by atoms with Gasteiger partial charge in [-0.2, -0.15) is 0 Å². The second-order valence-electron chi connectivity index (χ2n) is 12.8. The predicted octanol–water partition coefficient (Wildman–Crippen LogP) is 7.20. The van der Waals surface area contributed by atoms with Crippen LogP contribution in [0, 0.1) is 52.3 Å². The lowest BCUT2D eigenvalue weighted by Gasteiger charge is -2.60. The van der Waals surface area contributed by atoms with Crippen molar-refractivity contribution in [3.05, 3.63) is 11.6 Å². The van der Waals surface area contributed by atoms with E-state index in [2.05, 4.69) is 41.5 Å². The van der Waals surface area contributed by atoms with Gasteiger partial charge in [-0.15, -0.1) is 0 Å².